The smallest absolute Gasteiger partial charge is 0.310 e. The summed E-state index contributed by atoms with van der Waals surface area (Å²) < 4.78 is 0. The van der Waals surface area contributed by atoms with E-state index in [-0.39, 0.29) is 39.6 Å². The summed E-state index contributed by atoms with van der Waals surface area (Å²) in [6.07, 6.45) is 8.75. The second-order valence-corrected chi connectivity index (χ2v) is 15.1. The fourth-order valence-electron chi connectivity index (χ4n) is 11.7. The van der Waals surface area contributed by atoms with Crippen molar-refractivity contribution in [2.45, 2.75) is 124 Å². The van der Waals surface area contributed by atoms with Gasteiger partial charge in [0.2, 0.25) is 0 Å². The topological polar surface area (TPSA) is 77.8 Å². The standard InChI is InChI=1S/C30H50O4/c1-18-8-14-29(24(32)33)17-16-28(7)27(6)13-9-20-25(3,4)22(31)11-12-26(20,5)21(27)10-15-30(28,34)23(29)19(18)2/h18-23,31,34H,8-17H2,1-7H3,(H,32,33)/t18-,19+,20+,21-,22+,23-,26+,27-,28+,29+,30+/m1/s1. The van der Waals surface area contributed by atoms with E-state index in [1.807, 2.05) is 0 Å². The maximum atomic E-state index is 12.9. The third-order valence-corrected chi connectivity index (χ3v) is 14.1. The van der Waals surface area contributed by atoms with E-state index in [4.69, 9.17) is 0 Å². The van der Waals surface area contributed by atoms with Crippen LogP contribution in [0.5, 0.6) is 0 Å². The third kappa shape index (κ3) is 2.66. The molecule has 0 aromatic carbocycles. The first-order valence-corrected chi connectivity index (χ1v) is 14.3. The molecular weight excluding hydrogens is 424 g/mol. The lowest BCUT2D eigenvalue weighted by molar-refractivity contribution is -0.318. The number of hydrogen-bond donors (Lipinski definition) is 3. The second-order valence-electron chi connectivity index (χ2n) is 15.1. The van der Waals surface area contributed by atoms with Crippen molar-refractivity contribution in [2.24, 2.45) is 56.7 Å². The van der Waals surface area contributed by atoms with Gasteiger partial charge in [0, 0.05) is 11.3 Å². The van der Waals surface area contributed by atoms with Gasteiger partial charge >= 0.3 is 5.97 Å². The number of fused-ring (bicyclic) bond motifs is 7. The van der Waals surface area contributed by atoms with Gasteiger partial charge in [0.15, 0.2) is 0 Å². The zero-order chi connectivity index (χ0) is 25.1. The number of hydrogen-bond acceptors (Lipinski definition) is 3. The van der Waals surface area contributed by atoms with E-state index in [1.54, 1.807) is 0 Å². The van der Waals surface area contributed by atoms with Gasteiger partial charge in [-0.2, -0.15) is 0 Å². The van der Waals surface area contributed by atoms with Gasteiger partial charge < -0.3 is 15.3 Å². The summed E-state index contributed by atoms with van der Waals surface area (Å²) >= 11 is 0. The van der Waals surface area contributed by atoms with Crippen LogP contribution in [-0.2, 0) is 4.79 Å². The molecule has 5 fully saturated rings. The van der Waals surface area contributed by atoms with Crippen LogP contribution in [-0.4, -0.2) is 33.0 Å². The van der Waals surface area contributed by atoms with Crippen LogP contribution >= 0.6 is 0 Å². The lowest BCUT2D eigenvalue weighted by atomic mass is 9.30. The van der Waals surface area contributed by atoms with E-state index in [0.717, 1.165) is 51.4 Å². The van der Waals surface area contributed by atoms with Crippen molar-refractivity contribution in [3.63, 3.8) is 0 Å². The highest BCUT2D eigenvalue weighted by atomic mass is 16.4. The summed E-state index contributed by atoms with van der Waals surface area (Å²) in [4.78, 5) is 12.9. The second kappa shape index (κ2) is 7.24. The van der Waals surface area contributed by atoms with Crippen molar-refractivity contribution in [2.75, 3.05) is 0 Å². The van der Waals surface area contributed by atoms with E-state index >= 15 is 0 Å². The molecule has 0 aliphatic heterocycles. The predicted octanol–water partition coefficient (Wildman–Crippen LogP) is 6.28. The van der Waals surface area contributed by atoms with E-state index in [1.165, 1.54) is 0 Å². The Morgan fingerprint density at radius 1 is 0.794 bits per heavy atom. The first-order valence-electron chi connectivity index (χ1n) is 14.3. The Hall–Kier alpha value is -0.610. The fraction of sp³-hybridized carbons (Fsp3) is 0.967. The highest BCUT2D eigenvalue weighted by Gasteiger charge is 2.76. The van der Waals surface area contributed by atoms with Crippen molar-refractivity contribution in [1.82, 2.24) is 0 Å². The summed E-state index contributed by atoms with van der Waals surface area (Å²) in [7, 11) is 0. The van der Waals surface area contributed by atoms with Gasteiger partial charge in [-0.25, -0.2) is 0 Å². The Morgan fingerprint density at radius 2 is 1.44 bits per heavy atom. The van der Waals surface area contributed by atoms with Gasteiger partial charge in [0.25, 0.3) is 0 Å². The summed E-state index contributed by atoms with van der Waals surface area (Å²) in [5.74, 6) is 0.815. The number of aliphatic hydroxyl groups is 2. The molecule has 5 saturated carbocycles. The van der Waals surface area contributed by atoms with Crippen LogP contribution < -0.4 is 0 Å². The van der Waals surface area contributed by atoms with E-state index < -0.39 is 17.0 Å². The number of aliphatic carboxylic acids is 1. The first-order chi connectivity index (χ1) is 15.6. The molecule has 5 rings (SSSR count). The summed E-state index contributed by atoms with van der Waals surface area (Å²) in [6.45, 7) is 16.4. The quantitative estimate of drug-likeness (QED) is 0.418. The highest BCUT2D eigenvalue weighted by Crippen LogP contribution is 2.78. The van der Waals surface area contributed by atoms with E-state index in [2.05, 4.69) is 48.5 Å². The lowest BCUT2D eigenvalue weighted by Gasteiger charge is -2.75. The lowest BCUT2D eigenvalue weighted by Crippen LogP contribution is -2.75. The van der Waals surface area contributed by atoms with Crippen LogP contribution in [0.1, 0.15) is 113 Å². The monoisotopic (exact) mass is 474 g/mol. The van der Waals surface area contributed by atoms with Gasteiger partial charge in [-0.15, -0.1) is 0 Å². The molecule has 4 nitrogen and oxygen atoms in total. The molecule has 3 N–H and O–H groups in total. The predicted molar refractivity (Wildman–Crippen MR) is 134 cm³/mol. The van der Waals surface area contributed by atoms with Crippen LogP contribution in [0.2, 0.25) is 0 Å². The first kappa shape index (κ1) is 25.1. The van der Waals surface area contributed by atoms with Gasteiger partial charge in [-0.05, 0) is 104 Å². The largest absolute Gasteiger partial charge is 0.481 e. The molecular formula is C30H50O4. The van der Waals surface area contributed by atoms with Crippen molar-refractivity contribution in [1.29, 1.82) is 0 Å². The molecule has 0 bridgehead atoms. The van der Waals surface area contributed by atoms with Crippen molar-refractivity contribution < 1.29 is 20.1 Å². The summed E-state index contributed by atoms with van der Waals surface area (Å²) in [5, 5.41) is 34.3. The summed E-state index contributed by atoms with van der Waals surface area (Å²) in [5.41, 5.74) is -1.94. The maximum Gasteiger partial charge on any atom is 0.310 e. The van der Waals surface area contributed by atoms with Gasteiger partial charge in [0.1, 0.15) is 0 Å². The molecule has 4 heteroatoms. The molecule has 5 aliphatic carbocycles. The minimum atomic E-state index is -0.935. The Morgan fingerprint density at radius 3 is 2.09 bits per heavy atom. The molecule has 11 atom stereocenters. The average molecular weight is 475 g/mol. The highest BCUT2D eigenvalue weighted by molar-refractivity contribution is 5.76. The number of carbonyl (C=O) groups is 1. The van der Waals surface area contributed by atoms with Crippen molar-refractivity contribution >= 4 is 5.97 Å². The number of rotatable bonds is 1. The Balaban J connectivity index is 1.61. The van der Waals surface area contributed by atoms with Crippen LogP contribution in [0.25, 0.3) is 0 Å². The zero-order valence-corrected chi connectivity index (χ0v) is 22.8. The molecule has 0 radical (unpaired) electrons. The van der Waals surface area contributed by atoms with Crippen molar-refractivity contribution in [3.8, 4) is 0 Å². The van der Waals surface area contributed by atoms with Crippen LogP contribution in [0.15, 0.2) is 0 Å². The molecule has 0 amide bonds. The minimum Gasteiger partial charge on any atom is -0.481 e. The molecule has 0 unspecified atom stereocenters. The molecule has 0 saturated heterocycles. The average Bonchev–Trinajstić information content (AvgIpc) is 2.75. The number of carboxylic acid groups (broad SMARTS) is 1. The number of carboxylic acids is 1. The Labute approximate surface area is 207 Å². The molecule has 194 valence electrons. The SMILES string of the molecule is C[C@H]1[C@H](C)CC[C@]2(C(=O)O)CC[C@@]3(C)[C@]4(C)CC[C@H]5C(C)(C)[C@@H](O)CC[C@]5(C)[C@H]4CC[C@]3(O)[C@H]12. The van der Waals surface area contributed by atoms with Crippen LogP contribution in [0, 0.1) is 56.7 Å². The molecule has 0 spiro atoms. The molecule has 5 aliphatic rings. The molecule has 0 heterocycles. The fourth-order valence-corrected chi connectivity index (χ4v) is 11.7. The summed E-state index contributed by atoms with van der Waals surface area (Å²) in [6, 6.07) is 0. The normalized spacial score (nSPS) is 58.6. The minimum absolute atomic E-state index is 0.0192. The van der Waals surface area contributed by atoms with Crippen LogP contribution in [0.4, 0.5) is 0 Å². The zero-order valence-electron chi connectivity index (χ0n) is 22.8. The van der Waals surface area contributed by atoms with Gasteiger partial charge in [-0.3, -0.25) is 4.79 Å². The van der Waals surface area contributed by atoms with Crippen LogP contribution in [0.3, 0.4) is 0 Å². The Bertz CT molecular complexity index is 868. The molecule has 0 aromatic heterocycles. The third-order valence-electron chi connectivity index (χ3n) is 14.1. The van der Waals surface area contributed by atoms with Gasteiger partial charge in [0.05, 0.1) is 17.1 Å². The van der Waals surface area contributed by atoms with Gasteiger partial charge in [-0.1, -0.05) is 48.5 Å². The molecule has 34 heavy (non-hydrogen) atoms. The molecule has 0 aromatic rings. The van der Waals surface area contributed by atoms with Crippen molar-refractivity contribution in [3.05, 3.63) is 0 Å². The van der Waals surface area contributed by atoms with E-state index in [0.29, 0.717) is 30.6 Å². The number of aliphatic hydroxyl groups excluding tert-OH is 1. The Kier molecular flexibility index (Phi) is 5.34. The van der Waals surface area contributed by atoms with E-state index in [9.17, 15) is 20.1 Å². The maximum absolute atomic E-state index is 12.9.